The Balaban J connectivity index is 2.16. The van der Waals surface area contributed by atoms with Gasteiger partial charge in [-0.25, -0.2) is 8.42 Å². The van der Waals surface area contributed by atoms with Crippen molar-refractivity contribution in [2.24, 2.45) is 0 Å². The molecule has 3 N–H and O–H groups in total. The highest BCUT2D eigenvalue weighted by atomic mass is 32.2. The van der Waals surface area contributed by atoms with Crippen LogP contribution in [-0.4, -0.2) is 42.3 Å². The number of sulfone groups is 1. The lowest BCUT2D eigenvalue weighted by Gasteiger charge is -2.22. The molecule has 0 radical (unpaired) electrons. The van der Waals surface area contributed by atoms with Crippen LogP contribution in [0, 0.1) is 0 Å². The van der Waals surface area contributed by atoms with Crippen LogP contribution in [0.5, 0.6) is 0 Å². The maximum Gasteiger partial charge on any atom is 0.251 e. The minimum Gasteiger partial charge on any atom is -0.399 e. The van der Waals surface area contributed by atoms with Gasteiger partial charge in [0.25, 0.3) is 5.91 Å². The number of anilines is 1. The fourth-order valence-corrected chi connectivity index (χ4v) is 4.16. The number of amides is 1. The van der Waals surface area contributed by atoms with Crippen molar-refractivity contribution in [1.82, 2.24) is 5.32 Å². The van der Waals surface area contributed by atoms with E-state index >= 15 is 0 Å². The van der Waals surface area contributed by atoms with Crippen molar-refractivity contribution in [2.45, 2.75) is 23.8 Å². The van der Waals surface area contributed by atoms with Crippen LogP contribution in [0.1, 0.15) is 23.2 Å². The van der Waals surface area contributed by atoms with Crippen LogP contribution in [0.25, 0.3) is 0 Å². The Hall–Kier alpha value is -1.41. The molecule has 1 fully saturated rings. The van der Waals surface area contributed by atoms with Crippen molar-refractivity contribution in [3.8, 4) is 0 Å². The molecule has 1 saturated heterocycles. The second-order valence-electron chi connectivity index (χ2n) is 5.16. The number of nitrogens with two attached hydrogens (primary N) is 1. The third kappa shape index (κ3) is 4.28. The van der Waals surface area contributed by atoms with Crippen molar-refractivity contribution in [3.05, 3.63) is 23.8 Å². The van der Waals surface area contributed by atoms with Gasteiger partial charge in [0.2, 0.25) is 0 Å². The number of hydrogen-bond donors (Lipinski definition) is 2. The van der Waals surface area contributed by atoms with E-state index in [0.29, 0.717) is 24.3 Å². The molecule has 1 heterocycles. The summed E-state index contributed by atoms with van der Waals surface area (Å²) in [6, 6.07) is 4.07. The lowest BCUT2D eigenvalue weighted by molar-refractivity contribution is 0.0934. The minimum absolute atomic E-state index is 0.0254. The Kier molecular flexibility index (Phi) is 4.67. The molecular formula is C13H18N2O4S2. The standard InChI is InChI=1S/C13H18N2O4S2/c1-21(18,19)12-7-9(6-10(14)8-12)13(16)15-11-2-4-20(17)5-3-11/h6-8,11H,2-5,14H2,1H3,(H,15,16). The molecule has 0 spiro atoms. The Morgan fingerprint density at radius 1 is 1.29 bits per heavy atom. The molecule has 8 heteroatoms. The van der Waals surface area contributed by atoms with E-state index in [1.54, 1.807) is 0 Å². The summed E-state index contributed by atoms with van der Waals surface area (Å²) in [5, 5.41) is 2.84. The number of rotatable bonds is 3. The van der Waals surface area contributed by atoms with Crippen LogP contribution in [0.15, 0.2) is 23.1 Å². The largest absolute Gasteiger partial charge is 0.399 e. The SMILES string of the molecule is CS(=O)(=O)c1cc(N)cc(C(=O)NC2CCS(=O)CC2)c1. The maximum atomic E-state index is 12.2. The average Bonchev–Trinajstić information content (AvgIpc) is 2.39. The number of carbonyl (C=O) groups excluding carboxylic acids is 1. The molecule has 1 aliphatic heterocycles. The molecule has 116 valence electrons. The number of carbonyl (C=O) groups is 1. The van der Waals surface area contributed by atoms with E-state index in [4.69, 9.17) is 5.73 Å². The first-order valence-corrected chi connectivity index (χ1v) is 9.90. The third-order valence-electron chi connectivity index (χ3n) is 3.34. The van der Waals surface area contributed by atoms with Gasteiger partial charge in [0.1, 0.15) is 0 Å². The van der Waals surface area contributed by atoms with Gasteiger partial charge in [-0.3, -0.25) is 9.00 Å². The molecule has 1 amide bonds. The van der Waals surface area contributed by atoms with Crippen LogP contribution in [0.3, 0.4) is 0 Å². The van der Waals surface area contributed by atoms with E-state index in [2.05, 4.69) is 5.32 Å². The summed E-state index contributed by atoms with van der Waals surface area (Å²) < 4.78 is 34.4. The maximum absolute atomic E-state index is 12.2. The summed E-state index contributed by atoms with van der Waals surface area (Å²) in [6.45, 7) is 0. The Bertz CT molecular complexity index is 675. The molecule has 0 bridgehead atoms. The monoisotopic (exact) mass is 330 g/mol. The highest BCUT2D eigenvalue weighted by Gasteiger charge is 2.21. The predicted molar refractivity (Wildman–Crippen MR) is 82.3 cm³/mol. The molecule has 0 unspecified atom stereocenters. The van der Waals surface area contributed by atoms with E-state index in [9.17, 15) is 17.4 Å². The van der Waals surface area contributed by atoms with Crippen molar-refractivity contribution < 1.29 is 17.4 Å². The van der Waals surface area contributed by atoms with Crippen molar-refractivity contribution in [3.63, 3.8) is 0 Å². The van der Waals surface area contributed by atoms with Gasteiger partial charge in [0.05, 0.1) is 4.90 Å². The van der Waals surface area contributed by atoms with E-state index < -0.39 is 20.6 Å². The summed E-state index contributed by atoms with van der Waals surface area (Å²) in [7, 11) is -4.21. The molecule has 0 aliphatic carbocycles. The molecule has 0 saturated carbocycles. The smallest absolute Gasteiger partial charge is 0.251 e. The molecule has 2 rings (SSSR count). The first-order chi connectivity index (χ1) is 9.75. The molecule has 21 heavy (non-hydrogen) atoms. The van der Waals surface area contributed by atoms with Gasteiger partial charge in [-0.2, -0.15) is 0 Å². The summed E-state index contributed by atoms with van der Waals surface area (Å²) in [5.41, 5.74) is 6.11. The van der Waals surface area contributed by atoms with Crippen molar-refractivity contribution >= 4 is 32.2 Å². The summed E-state index contributed by atoms with van der Waals surface area (Å²) >= 11 is 0. The number of nitrogens with one attached hydrogen (secondary N) is 1. The van der Waals surface area contributed by atoms with Crippen LogP contribution in [0.4, 0.5) is 5.69 Å². The third-order valence-corrected chi connectivity index (χ3v) is 5.82. The molecule has 1 aromatic carbocycles. The fourth-order valence-electron chi connectivity index (χ4n) is 2.17. The molecule has 6 nitrogen and oxygen atoms in total. The number of benzene rings is 1. The Labute approximate surface area is 126 Å². The van der Waals surface area contributed by atoms with Gasteiger partial charge in [-0.05, 0) is 31.0 Å². The summed E-state index contributed by atoms with van der Waals surface area (Å²) in [5.74, 6) is 0.803. The van der Waals surface area contributed by atoms with Crippen LogP contribution in [0.2, 0.25) is 0 Å². The average molecular weight is 330 g/mol. The van der Waals surface area contributed by atoms with Gasteiger partial charge in [-0.15, -0.1) is 0 Å². The lowest BCUT2D eigenvalue weighted by Crippen LogP contribution is -2.39. The van der Waals surface area contributed by atoms with Gasteiger partial charge in [0.15, 0.2) is 9.84 Å². The van der Waals surface area contributed by atoms with E-state index in [1.807, 2.05) is 0 Å². The Morgan fingerprint density at radius 2 is 1.90 bits per heavy atom. The van der Waals surface area contributed by atoms with E-state index in [0.717, 1.165) is 6.26 Å². The van der Waals surface area contributed by atoms with E-state index in [1.165, 1.54) is 18.2 Å². The summed E-state index contributed by atoms with van der Waals surface area (Å²) in [4.78, 5) is 12.2. The molecule has 0 atom stereocenters. The van der Waals surface area contributed by atoms with Gasteiger partial charge in [0, 0.05) is 45.9 Å². The van der Waals surface area contributed by atoms with Crippen LogP contribution < -0.4 is 11.1 Å². The first-order valence-electron chi connectivity index (χ1n) is 6.52. The second kappa shape index (κ2) is 6.15. The zero-order chi connectivity index (χ0) is 15.6. The topological polar surface area (TPSA) is 106 Å². The van der Waals surface area contributed by atoms with Crippen molar-refractivity contribution in [2.75, 3.05) is 23.5 Å². The molecule has 1 aromatic rings. The van der Waals surface area contributed by atoms with E-state index in [-0.39, 0.29) is 28.1 Å². The van der Waals surface area contributed by atoms with Crippen LogP contribution in [-0.2, 0) is 20.6 Å². The van der Waals surface area contributed by atoms with Crippen LogP contribution >= 0.6 is 0 Å². The summed E-state index contributed by atoms with van der Waals surface area (Å²) in [6.07, 6.45) is 2.40. The lowest BCUT2D eigenvalue weighted by atomic mass is 10.1. The molecular weight excluding hydrogens is 312 g/mol. The number of hydrogen-bond acceptors (Lipinski definition) is 5. The minimum atomic E-state index is -3.42. The zero-order valence-electron chi connectivity index (χ0n) is 11.7. The van der Waals surface area contributed by atoms with Gasteiger partial charge in [-0.1, -0.05) is 0 Å². The van der Waals surface area contributed by atoms with Gasteiger partial charge >= 0.3 is 0 Å². The highest BCUT2D eigenvalue weighted by molar-refractivity contribution is 7.90. The predicted octanol–water partition coefficient (Wildman–Crippen LogP) is 0.313. The normalized spacial score (nSPS) is 22.7. The zero-order valence-corrected chi connectivity index (χ0v) is 13.3. The molecule has 1 aliphatic rings. The fraction of sp³-hybridized carbons (Fsp3) is 0.462. The quantitative estimate of drug-likeness (QED) is 0.776. The highest BCUT2D eigenvalue weighted by Crippen LogP contribution is 2.18. The molecule has 0 aromatic heterocycles. The Morgan fingerprint density at radius 3 is 2.48 bits per heavy atom. The number of nitrogen functional groups attached to an aromatic ring is 1. The van der Waals surface area contributed by atoms with Gasteiger partial charge < -0.3 is 11.1 Å². The first kappa shape index (κ1) is 16.0. The van der Waals surface area contributed by atoms with Crippen molar-refractivity contribution in [1.29, 1.82) is 0 Å². The second-order valence-corrected chi connectivity index (χ2v) is 8.87.